The zero-order valence-electron chi connectivity index (χ0n) is 14.2. The summed E-state index contributed by atoms with van der Waals surface area (Å²) in [6.45, 7) is 0.0182. The lowest BCUT2D eigenvalue weighted by Gasteiger charge is -2.37. The number of aromatic nitrogens is 2. The minimum atomic E-state index is 0.0182. The largest absolute Gasteiger partial charge is 0.375 e. The molecule has 0 fully saturated rings. The highest BCUT2D eigenvalue weighted by Crippen LogP contribution is 2.38. The van der Waals surface area contributed by atoms with Crippen molar-refractivity contribution in [2.75, 3.05) is 4.81 Å². The summed E-state index contributed by atoms with van der Waals surface area (Å²) in [5.41, 5.74) is 6.84. The van der Waals surface area contributed by atoms with Gasteiger partial charge in [-0.15, -0.1) is 0 Å². The molecule has 0 atom stereocenters. The van der Waals surface area contributed by atoms with Crippen molar-refractivity contribution in [1.82, 2.24) is 9.97 Å². The van der Waals surface area contributed by atoms with E-state index in [2.05, 4.69) is 76.5 Å². The Hall–Kier alpha value is -3.40. The molecule has 5 rings (SSSR count). The van der Waals surface area contributed by atoms with E-state index in [-0.39, 0.29) is 6.85 Å². The first-order valence-electron chi connectivity index (χ1n) is 8.72. The maximum absolute atomic E-state index is 4.78. The van der Waals surface area contributed by atoms with Crippen LogP contribution in [0.15, 0.2) is 97.5 Å². The van der Waals surface area contributed by atoms with Gasteiger partial charge in [0.15, 0.2) is 0 Å². The van der Waals surface area contributed by atoms with Crippen molar-refractivity contribution >= 4 is 29.3 Å². The van der Waals surface area contributed by atoms with E-state index in [4.69, 9.17) is 4.98 Å². The third-order valence-corrected chi connectivity index (χ3v) is 4.85. The maximum Gasteiger partial charge on any atom is 0.348 e. The molecule has 0 amide bonds. The lowest BCUT2D eigenvalue weighted by Crippen LogP contribution is -2.58. The summed E-state index contributed by atoms with van der Waals surface area (Å²) < 4.78 is 0. The van der Waals surface area contributed by atoms with Gasteiger partial charge in [-0.2, -0.15) is 0 Å². The van der Waals surface area contributed by atoms with Gasteiger partial charge < -0.3 is 4.81 Å². The maximum atomic E-state index is 4.78. The molecular formula is C22H16BN3. The number of hydrogen-bond donors (Lipinski definition) is 0. The van der Waals surface area contributed by atoms with Crippen LogP contribution in [0.25, 0.3) is 11.1 Å². The van der Waals surface area contributed by atoms with E-state index >= 15 is 0 Å². The standard InChI is InChI=1S/C22H16BN3/c1-3-8-17(9-4-1)23-22-19(12-7-14-25-22)20-16-24-15-13-21(20)26(23)18-10-5-2-6-11-18/h1-16H. The summed E-state index contributed by atoms with van der Waals surface area (Å²) in [6.07, 6.45) is 5.67. The molecule has 3 heterocycles. The summed E-state index contributed by atoms with van der Waals surface area (Å²) in [7, 11) is 0. The van der Waals surface area contributed by atoms with Crippen LogP contribution < -0.4 is 15.9 Å². The fraction of sp³-hybridized carbons (Fsp3) is 0. The average molecular weight is 333 g/mol. The van der Waals surface area contributed by atoms with Gasteiger partial charge in [-0.1, -0.05) is 54.6 Å². The molecule has 0 saturated carbocycles. The van der Waals surface area contributed by atoms with Crippen molar-refractivity contribution in [3.63, 3.8) is 0 Å². The second kappa shape index (κ2) is 6.15. The van der Waals surface area contributed by atoms with E-state index in [1.54, 1.807) is 0 Å². The average Bonchev–Trinajstić information content (AvgIpc) is 2.74. The van der Waals surface area contributed by atoms with E-state index in [0.717, 1.165) is 28.1 Å². The normalized spacial score (nSPS) is 12.5. The van der Waals surface area contributed by atoms with E-state index in [9.17, 15) is 0 Å². The fourth-order valence-corrected chi connectivity index (χ4v) is 3.75. The van der Waals surface area contributed by atoms with Gasteiger partial charge in [-0.25, -0.2) is 0 Å². The Labute approximate surface area is 153 Å². The first-order valence-corrected chi connectivity index (χ1v) is 8.72. The summed E-state index contributed by atoms with van der Waals surface area (Å²) in [4.78, 5) is 11.5. The predicted octanol–water partition coefficient (Wildman–Crippen LogP) is 3.40. The predicted molar refractivity (Wildman–Crippen MR) is 108 cm³/mol. The van der Waals surface area contributed by atoms with Gasteiger partial charge in [0.2, 0.25) is 0 Å². The molecule has 0 N–H and O–H groups in total. The fourth-order valence-electron chi connectivity index (χ4n) is 3.75. The van der Waals surface area contributed by atoms with Crippen molar-refractivity contribution < 1.29 is 0 Å². The van der Waals surface area contributed by atoms with Crippen LogP contribution in [0.1, 0.15) is 0 Å². The number of nitrogens with zero attached hydrogens (tertiary/aromatic N) is 3. The molecule has 2 aromatic carbocycles. The Balaban J connectivity index is 1.83. The van der Waals surface area contributed by atoms with Crippen LogP contribution in [0.5, 0.6) is 0 Å². The molecule has 26 heavy (non-hydrogen) atoms. The summed E-state index contributed by atoms with van der Waals surface area (Å²) >= 11 is 0. The van der Waals surface area contributed by atoms with Gasteiger partial charge in [0.05, 0.1) is 0 Å². The van der Waals surface area contributed by atoms with Crippen molar-refractivity contribution in [3.8, 4) is 11.1 Å². The first-order chi connectivity index (χ1) is 12.9. The van der Waals surface area contributed by atoms with Crippen LogP contribution in [0, 0.1) is 0 Å². The van der Waals surface area contributed by atoms with Crippen LogP contribution in [0.4, 0.5) is 11.4 Å². The van der Waals surface area contributed by atoms with Crippen LogP contribution in [-0.2, 0) is 0 Å². The SMILES string of the molecule is c1ccc(B2c3ncccc3-c3cnccc3N2c2ccccc2)cc1. The number of anilines is 2. The van der Waals surface area contributed by atoms with E-state index in [0.29, 0.717) is 0 Å². The van der Waals surface area contributed by atoms with Crippen LogP contribution in [0.3, 0.4) is 0 Å². The molecule has 2 aromatic heterocycles. The number of rotatable bonds is 2. The Kier molecular flexibility index (Phi) is 3.53. The Morgan fingerprint density at radius 3 is 2.27 bits per heavy atom. The van der Waals surface area contributed by atoms with E-state index in [1.165, 1.54) is 5.46 Å². The van der Waals surface area contributed by atoms with Crippen LogP contribution >= 0.6 is 0 Å². The molecule has 0 saturated heterocycles. The van der Waals surface area contributed by atoms with Crippen LogP contribution in [-0.4, -0.2) is 16.8 Å². The lowest BCUT2D eigenvalue weighted by atomic mass is 9.48. The number of pyridine rings is 2. The van der Waals surface area contributed by atoms with Gasteiger partial charge in [0, 0.05) is 46.7 Å². The topological polar surface area (TPSA) is 29.0 Å². The first kappa shape index (κ1) is 14.9. The van der Waals surface area contributed by atoms with Crippen molar-refractivity contribution in [2.24, 2.45) is 0 Å². The molecule has 1 aliphatic heterocycles. The molecule has 4 aromatic rings. The molecule has 122 valence electrons. The molecule has 0 bridgehead atoms. The second-order valence-corrected chi connectivity index (χ2v) is 6.35. The third kappa shape index (κ3) is 2.31. The van der Waals surface area contributed by atoms with Gasteiger partial charge in [0.1, 0.15) is 0 Å². The van der Waals surface area contributed by atoms with Crippen molar-refractivity contribution in [2.45, 2.75) is 0 Å². The number of fused-ring (bicyclic) bond motifs is 3. The molecule has 1 aliphatic rings. The van der Waals surface area contributed by atoms with Crippen molar-refractivity contribution in [1.29, 1.82) is 0 Å². The Bertz CT molecular complexity index is 964. The molecular weight excluding hydrogens is 317 g/mol. The third-order valence-electron chi connectivity index (χ3n) is 4.85. The van der Waals surface area contributed by atoms with Gasteiger partial charge in [-0.05, 0) is 29.7 Å². The summed E-state index contributed by atoms with van der Waals surface area (Å²) in [5.74, 6) is 0. The minimum Gasteiger partial charge on any atom is -0.375 e. The highest BCUT2D eigenvalue weighted by Gasteiger charge is 2.38. The highest BCUT2D eigenvalue weighted by molar-refractivity contribution is 6.90. The molecule has 0 aliphatic carbocycles. The zero-order chi connectivity index (χ0) is 17.3. The molecule has 4 heteroatoms. The van der Waals surface area contributed by atoms with Gasteiger partial charge >= 0.3 is 6.85 Å². The van der Waals surface area contributed by atoms with Gasteiger partial charge in [-0.3, -0.25) is 9.97 Å². The summed E-state index contributed by atoms with van der Waals surface area (Å²) in [6, 6.07) is 27.3. The second-order valence-electron chi connectivity index (χ2n) is 6.35. The van der Waals surface area contributed by atoms with Gasteiger partial charge in [0.25, 0.3) is 0 Å². The zero-order valence-corrected chi connectivity index (χ0v) is 14.2. The smallest absolute Gasteiger partial charge is 0.348 e. The molecule has 0 spiro atoms. The molecule has 0 radical (unpaired) electrons. The quantitative estimate of drug-likeness (QED) is 0.527. The Morgan fingerprint density at radius 1 is 0.692 bits per heavy atom. The van der Waals surface area contributed by atoms with Crippen molar-refractivity contribution in [3.05, 3.63) is 97.5 Å². The monoisotopic (exact) mass is 333 g/mol. The van der Waals surface area contributed by atoms with E-state index in [1.807, 2.05) is 30.7 Å². The number of benzene rings is 2. The highest BCUT2D eigenvalue weighted by atomic mass is 15.1. The van der Waals surface area contributed by atoms with E-state index < -0.39 is 0 Å². The minimum absolute atomic E-state index is 0.0182. The Morgan fingerprint density at radius 2 is 1.46 bits per heavy atom. The van der Waals surface area contributed by atoms with Crippen LogP contribution in [0.2, 0.25) is 0 Å². The molecule has 3 nitrogen and oxygen atoms in total. The number of hydrogen-bond acceptors (Lipinski definition) is 3. The summed E-state index contributed by atoms with van der Waals surface area (Å²) in [5, 5.41) is 0. The lowest BCUT2D eigenvalue weighted by molar-refractivity contribution is 1.26. The molecule has 0 unspecified atom stereocenters. The number of para-hydroxylation sites is 1.